The molecule has 0 bridgehead atoms. The Morgan fingerprint density at radius 3 is 2.71 bits per heavy atom. The van der Waals surface area contributed by atoms with E-state index in [1.165, 1.54) is 0 Å². The normalized spacial score (nSPS) is 26.0. The van der Waals surface area contributed by atoms with Crippen molar-refractivity contribution in [1.29, 1.82) is 0 Å². The number of rotatable bonds is 6. The van der Waals surface area contributed by atoms with Gasteiger partial charge in [0.05, 0.1) is 18.7 Å². The van der Waals surface area contributed by atoms with Gasteiger partial charge in [0.25, 0.3) is 0 Å². The maximum atomic E-state index is 11.0. The first kappa shape index (κ1) is 21.8. The van der Waals surface area contributed by atoms with E-state index in [1.54, 1.807) is 11.8 Å². The van der Waals surface area contributed by atoms with Crippen LogP contribution in [0.5, 0.6) is 0 Å². The summed E-state index contributed by atoms with van der Waals surface area (Å²) in [5.74, 6) is 2.27. The number of aliphatic hydroxyl groups is 1. The third kappa shape index (κ3) is 7.32. The molecule has 7 nitrogen and oxygen atoms in total. The van der Waals surface area contributed by atoms with E-state index in [1.807, 2.05) is 6.92 Å². The van der Waals surface area contributed by atoms with E-state index in [4.69, 9.17) is 5.73 Å². The van der Waals surface area contributed by atoms with Crippen LogP contribution in [0, 0.1) is 0 Å². The monoisotopic (exact) mass is 471 g/mol. The highest BCUT2D eigenvalue weighted by molar-refractivity contribution is 14.0. The largest absolute Gasteiger partial charge is 0.387 e. The molecule has 2 aliphatic heterocycles. The number of nitrogens with one attached hydrogen (secondary N) is 2. The van der Waals surface area contributed by atoms with Crippen LogP contribution in [0.4, 0.5) is 0 Å². The SMILES string of the molecule is CCNC(=NCC1(O)CCSC1)NC1CCN(CC(N)=O)CC1.I. The first-order valence-electron chi connectivity index (χ1n) is 8.36. The first-order chi connectivity index (χ1) is 11.0. The van der Waals surface area contributed by atoms with Gasteiger partial charge in [-0.05, 0) is 31.9 Å². The molecule has 5 N–H and O–H groups in total. The Morgan fingerprint density at radius 1 is 1.46 bits per heavy atom. The maximum absolute atomic E-state index is 11.0. The smallest absolute Gasteiger partial charge is 0.231 e. The molecule has 2 aliphatic rings. The number of amides is 1. The molecular weight excluding hydrogens is 441 g/mol. The second-order valence-electron chi connectivity index (χ2n) is 6.38. The van der Waals surface area contributed by atoms with Crippen molar-refractivity contribution in [2.24, 2.45) is 10.7 Å². The fourth-order valence-corrected chi connectivity index (χ4v) is 4.20. The van der Waals surface area contributed by atoms with Crippen molar-refractivity contribution in [3.05, 3.63) is 0 Å². The number of hydrogen-bond donors (Lipinski definition) is 4. The van der Waals surface area contributed by atoms with Gasteiger partial charge in [0, 0.05) is 31.4 Å². The van der Waals surface area contributed by atoms with Crippen molar-refractivity contribution in [2.75, 3.05) is 44.2 Å². The van der Waals surface area contributed by atoms with Crippen molar-refractivity contribution >= 4 is 47.6 Å². The molecule has 2 saturated heterocycles. The summed E-state index contributed by atoms with van der Waals surface area (Å²) in [5, 5.41) is 17.1. The summed E-state index contributed by atoms with van der Waals surface area (Å²) in [6, 6.07) is 0.338. The summed E-state index contributed by atoms with van der Waals surface area (Å²) < 4.78 is 0. The molecule has 0 aromatic heterocycles. The third-order valence-electron chi connectivity index (χ3n) is 4.27. The predicted octanol–water partition coefficient (Wildman–Crippen LogP) is -0.0228. The van der Waals surface area contributed by atoms with Gasteiger partial charge < -0.3 is 21.5 Å². The molecular formula is C15H30IN5O2S. The summed E-state index contributed by atoms with van der Waals surface area (Å²) in [4.78, 5) is 17.6. The minimum atomic E-state index is -0.655. The zero-order chi connectivity index (χ0) is 16.7. The maximum Gasteiger partial charge on any atom is 0.231 e. The van der Waals surface area contributed by atoms with Crippen LogP contribution in [0.15, 0.2) is 4.99 Å². The highest BCUT2D eigenvalue weighted by Crippen LogP contribution is 2.27. The molecule has 24 heavy (non-hydrogen) atoms. The fourth-order valence-electron chi connectivity index (χ4n) is 2.92. The zero-order valence-corrected chi connectivity index (χ0v) is 17.4. The van der Waals surface area contributed by atoms with Gasteiger partial charge in [-0.1, -0.05) is 0 Å². The van der Waals surface area contributed by atoms with Gasteiger partial charge in [-0.3, -0.25) is 14.7 Å². The molecule has 0 aromatic rings. The number of halogens is 1. The lowest BCUT2D eigenvalue weighted by molar-refractivity contribution is -0.119. The number of piperidine rings is 1. The van der Waals surface area contributed by atoms with Crippen molar-refractivity contribution in [1.82, 2.24) is 15.5 Å². The Morgan fingerprint density at radius 2 is 2.17 bits per heavy atom. The molecule has 2 fully saturated rings. The number of carbonyl (C=O) groups excluding carboxylic acids is 1. The number of thioether (sulfide) groups is 1. The lowest BCUT2D eigenvalue weighted by Crippen LogP contribution is -2.50. The van der Waals surface area contributed by atoms with Crippen LogP contribution in [-0.4, -0.2) is 77.7 Å². The number of primary amides is 1. The summed E-state index contributed by atoms with van der Waals surface area (Å²) >= 11 is 1.78. The number of aliphatic imine (C=N–C) groups is 1. The van der Waals surface area contributed by atoms with E-state index >= 15 is 0 Å². The van der Waals surface area contributed by atoms with Crippen LogP contribution in [0.25, 0.3) is 0 Å². The summed E-state index contributed by atoms with van der Waals surface area (Å²) in [7, 11) is 0. The Kier molecular flexibility index (Phi) is 9.68. The molecule has 2 heterocycles. The molecule has 1 atom stereocenters. The number of likely N-dealkylation sites (tertiary alicyclic amines) is 1. The molecule has 0 saturated carbocycles. The van der Waals surface area contributed by atoms with Crippen molar-refractivity contribution in [3.63, 3.8) is 0 Å². The highest BCUT2D eigenvalue weighted by atomic mass is 127. The number of hydrogen-bond acceptors (Lipinski definition) is 5. The first-order valence-corrected chi connectivity index (χ1v) is 9.52. The van der Waals surface area contributed by atoms with Crippen molar-refractivity contribution in [3.8, 4) is 0 Å². The standard InChI is InChI=1S/C15H29N5O2S.HI/c1-2-17-14(18-10-15(22)5-8-23-11-15)19-12-3-6-20(7-4-12)9-13(16)21;/h12,22H,2-11H2,1H3,(H2,16,21)(H2,17,18,19);1H. The number of nitrogens with two attached hydrogens (primary N) is 1. The Labute approximate surface area is 165 Å². The van der Waals surface area contributed by atoms with Gasteiger partial charge >= 0.3 is 0 Å². The van der Waals surface area contributed by atoms with E-state index < -0.39 is 5.60 Å². The van der Waals surface area contributed by atoms with E-state index in [9.17, 15) is 9.90 Å². The Bertz CT molecular complexity index is 424. The van der Waals surface area contributed by atoms with E-state index in [2.05, 4.69) is 20.5 Å². The average Bonchev–Trinajstić information content (AvgIpc) is 2.94. The van der Waals surface area contributed by atoms with Gasteiger partial charge in [-0.15, -0.1) is 24.0 Å². The van der Waals surface area contributed by atoms with Gasteiger partial charge in [0.1, 0.15) is 0 Å². The van der Waals surface area contributed by atoms with Crippen LogP contribution in [0.2, 0.25) is 0 Å². The van der Waals surface area contributed by atoms with Gasteiger partial charge in [-0.25, -0.2) is 0 Å². The topological polar surface area (TPSA) is 103 Å². The molecule has 0 aromatic carbocycles. The van der Waals surface area contributed by atoms with Crippen molar-refractivity contribution < 1.29 is 9.90 Å². The minimum Gasteiger partial charge on any atom is -0.387 e. The van der Waals surface area contributed by atoms with E-state index in [-0.39, 0.29) is 29.9 Å². The molecule has 0 aliphatic carbocycles. The van der Waals surface area contributed by atoms with Gasteiger partial charge in [-0.2, -0.15) is 11.8 Å². The molecule has 140 valence electrons. The second kappa shape index (κ2) is 10.7. The predicted molar refractivity (Wildman–Crippen MR) is 110 cm³/mol. The van der Waals surface area contributed by atoms with Crippen LogP contribution < -0.4 is 16.4 Å². The average molecular weight is 471 g/mol. The number of guanidine groups is 1. The quantitative estimate of drug-likeness (QED) is 0.247. The highest BCUT2D eigenvalue weighted by Gasteiger charge is 2.31. The van der Waals surface area contributed by atoms with E-state index in [0.29, 0.717) is 19.1 Å². The zero-order valence-electron chi connectivity index (χ0n) is 14.3. The molecule has 0 radical (unpaired) electrons. The summed E-state index contributed by atoms with van der Waals surface area (Å²) in [5.41, 5.74) is 4.58. The second-order valence-corrected chi connectivity index (χ2v) is 7.49. The fraction of sp³-hybridized carbons (Fsp3) is 0.867. The van der Waals surface area contributed by atoms with Crippen LogP contribution in [0.3, 0.4) is 0 Å². The van der Waals surface area contributed by atoms with Gasteiger partial charge in [0.2, 0.25) is 5.91 Å². The Hall–Kier alpha value is -0.260. The molecule has 9 heteroatoms. The molecule has 2 rings (SSSR count). The molecule has 1 unspecified atom stereocenters. The third-order valence-corrected chi connectivity index (χ3v) is 5.50. The number of nitrogens with zero attached hydrogens (tertiary/aromatic N) is 2. The summed E-state index contributed by atoms with van der Waals surface area (Å²) in [6.45, 7) is 5.33. The molecule has 0 spiro atoms. The van der Waals surface area contributed by atoms with Crippen LogP contribution in [-0.2, 0) is 4.79 Å². The van der Waals surface area contributed by atoms with Gasteiger partial charge in [0.15, 0.2) is 5.96 Å². The number of carbonyl (C=O) groups is 1. The van der Waals surface area contributed by atoms with Crippen LogP contribution >= 0.6 is 35.7 Å². The minimum absolute atomic E-state index is 0. The lowest BCUT2D eigenvalue weighted by atomic mass is 10.0. The summed E-state index contributed by atoms with van der Waals surface area (Å²) in [6.07, 6.45) is 2.72. The lowest BCUT2D eigenvalue weighted by Gasteiger charge is -2.32. The molecule has 1 amide bonds. The van der Waals surface area contributed by atoms with Crippen molar-refractivity contribution in [2.45, 2.75) is 37.8 Å². The van der Waals surface area contributed by atoms with Crippen LogP contribution in [0.1, 0.15) is 26.2 Å². The Balaban J connectivity index is 0.00000288. The van der Waals surface area contributed by atoms with E-state index in [0.717, 1.165) is 56.4 Å².